The van der Waals surface area contributed by atoms with Gasteiger partial charge in [0, 0.05) is 11.4 Å². The van der Waals surface area contributed by atoms with Gasteiger partial charge in [0.2, 0.25) is 0 Å². The first kappa shape index (κ1) is 14.2. The molecule has 0 unspecified atom stereocenters. The van der Waals surface area contributed by atoms with Crippen molar-refractivity contribution in [3.05, 3.63) is 65.9 Å². The summed E-state index contributed by atoms with van der Waals surface area (Å²) in [5.41, 5.74) is 3.53. The molecule has 0 aliphatic carbocycles. The van der Waals surface area contributed by atoms with Crippen LogP contribution in [0.25, 0.3) is 6.08 Å². The Hall–Kier alpha value is -2.22. The van der Waals surface area contributed by atoms with E-state index in [9.17, 15) is 0 Å². The molecule has 2 aromatic carbocycles. The smallest absolute Gasteiger partial charge is 0.118 e. The number of hydrogen-bond donors (Lipinski definition) is 1. The number of allylic oxidation sites excluding steroid dienone is 1. The van der Waals surface area contributed by atoms with Crippen LogP contribution < -0.4 is 10.1 Å². The zero-order valence-corrected chi connectivity index (χ0v) is 12.1. The monoisotopic (exact) mass is 267 g/mol. The number of rotatable bonds is 6. The first-order valence-corrected chi connectivity index (χ1v) is 6.98. The quantitative estimate of drug-likeness (QED) is 0.799. The molecule has 0 fully saturated rings. The van der Waals surface area contributed by atoms with E-state index in [0.29, 0.717) is 0 Å². The lowest BCUT2D eigenvalue weighted by molar-refractivity contribution is 0.415. The number of ether oxygens (including phenoxy) is 1. The maximum Gasteiger partial charge on any atom is 0.118 e. The Morgan fingerprint density at radius 3 is 2.35 bits per heavy atom. The molecule has 0 saturated heterocycles. The van der Waals surface area contributed by atoms with Crippen molar-refractivity contribution >= 4 is 11.8 Å². The molecule has 0 amide bonds. The minimum atomic E-state index is 0.884. The van der Waals surface area contributed by atoms with Crippen molar-refractivity contribution in [3.63, 3.8) is 0 Å². The molecular formula is C18H21NO. The van der Waals surface area contributed by atoms with Gasteiger partial charge in [-0.1, -0.05) is 43.7 Å². The summed E-state index contributed by atoms with van der Waals surface area (Å²) in [4.78, 5) is 0. The van der Waals surface area contributed by atoms with Crippen molar-refractivity contribution < 1.29 is 4.74 Å². The lowest BCUT2D eigenvalue weighted by atomic mass is 10.1. The number of benzene rings is 2. The normalized spacial score (nSPS) is 11.2. The predicted molar refractivity (Wildman–Crippen MR) is 85.9 cm³/mol. The van der Waals surface area contributed by atoms with Gasteiger partial charge in [0.15, 0.2) is 0 Å². The van der Waals surface area contributed by atoms with Crippen LogP contribution in [0.3, 0.4) is 0 Å². The molecule has 2 rings (SSSR count). The van der Waals surface area contributed by atoms with Gasteiger partial charge in [-0.25, -0.2) is 0 Å². The third kappa shape index (κ3) is 4.16. The van der Waals surface area contributed by atoms with Crippen molar-refractivity contribution in [1.82, 2.24) is 0 Å². The maximum absolute atomic E-state index is 5.18. The van der Waals surface area contributed by atoms with E-state index in [4.69, 9.17) is 4.74 Å². The van der Waals surface area contributed by atoms with Crippen LogP contribution in [-0.2, 0) is 0 Å². The SMILES string of the molecule is CCC/C(=C/c1ccc(OC)cc1)Nc1ccccc1. The van der Waals surface area contributed by atoms with Gasteiger partial charge in [0.05, 0.1) is 7.11 Å². The lowest BCUT2D eigenvalue weighted by Gasteiger charge is -2.10. The second-order valence-electron chi connectivity index (χ2n) is 4.68. The van der Waals surface area contributed by atoms with Crippen molar-refractivity contribution in [1.29, 1.82) is 0 Å². The number of hydrogen-bond acceptors (Lipinski definition) is 2. The summed E-state index contributed by atoms with van der Waals surface area (Å²) < 4.78 is 5.18. The van der Waals surface area contributed by atoms with E-state index in [1.807, 2.05) is 30.3 Å². The zero-order chi connectivity index (χ0) is 14.2. The van der Waals surface area contributed by atoms with Gasteiger partial charge in [-0.15, -0.1) is 0 Å². The predicted octanol–water partition coefficient (Wildman–Crippen LogP) is 4.95. The van der Waals surface area contributed by atoms with Crippen LogP contribution in [0, 0.1) is 0 Å². The van der Waals surface area contributed by atoms with E-state index >= 15 is 0 Å². The van der Waals surface area contributed by atoms with Crippen LogP contribution in [0.15, 0.2) is 60.3 Å². The fraction of sp³-hybridized carbons (Fsp3) is 0.222. The standard InChI is InChI=1S/C18H21NO/c1-3-7-17(19-16-8-5-4-6-9-16)14-15-10-12-18(20-2)13-11-15/h4-6,8-14,19H,3,7H2,1-2H3/b17-14-. The van der Waals surface area contributed by atoms with Gasteiger partial charge in [-0.05, 0) is 42.3 Å². The highest BCUT2D eigenvalue weighted by atomic mass is 16.5. The molecule has 0 spiro atoms. The van der Waals surface area contributed by atoms with Gasteiger partial charge in [0.25, 0.3) is 0 Å². The summed E-state index contributed by atoms with van der Waals surface area (Å²) in [6, 6.07) is 18.4. The average molecular weight is 267 g/mol. The molecule has 0 radical (unpaired) electrons. The van der Waals surface area contributed by atoms with Crippen molar-refractivity contribution in [2.24, 2.45) is 0 Å². The van der Waals surface area contributed by atoms with Crippen LogP contribution in [0.4, 0.5) is 5.69 Å². The molecule has 0 heterocycles. The molecule has 2 heteroatoms. The average Bonchev–Trinajstić information content (AvgIpc) is 2.49. The fourth-order valence-corrected chi connectivity index (χ4v) is 2.05. The number of nitrogens with one attached hydrogen (secondary N) is 1. The van der Waals surface area contributed by atoms with Crippen molar-refractivity contribution in [2.75, 3.05) is 12.4 Å². The molecule has 20 heavy (non-hydrogen) atoms. The largest absolute Gasteiger partial charge is 0.497 e. The fourth-order valence-electron chi connectivity index (χ4n) is 2.05. The van der Waals surface area contributed by atoms with Crippen molar-refractivity contribution in [2.45, 2.75) is 19.8 Å². The van der Waals surface area contributed by atoms with Crippen LogP contribution in [0.1, 0.15) is 25.3 Å². The van der Waals surface area contributed by atoms with E-state index in [2.05, 4.69) is 42.6 Å². The molecule has 0 aliphatic rings. The van der Waals surface area contributed by atoms with Crippen LogP contribution in [-0.4, -0.2) is 7.11 Å². The van der Waals surface area contributed by atoms with E-state index in [1.54, 1.807) is 7.11 Å². The zero-order valence-electron chi connectivity index (χ0n) is 12.1. The highest BCUT2D eigenvalue weighted by Gasteiger charge is 1.99. The Morgan fingerprint density at radius 1 is 1.05 bits per heavy atom. The third-order valence-electron chi connectivity index (χ3n) is 3.05. The van der Waals surface area contributed by atoms with Gasteiger partial charge in [-0.2, -0.15) is 0 Å². The van der Waals surface area contributed by atoms with Gasteiger partial charge in [0.1, 0.15) is 5.75 Å². The number of methoxy groups -OCH3 is 1. The van der Waals surface area contributed by atoms with E-state index in [1.165, 1.54) is 11.3 Å². The minimum Gasteiger partial charge on any atom is -0.497 e. The number of anilines is 1. The van der Waals surface area contributed by atoms with Gasteiger partial charge in [-0.3, -0.25) is 0 Å². The van der Waals surface area contributed by atoms with Crippen LogP contribution in [0.5, 0.6) is 5.75 Å². The highest BCUT2D eigenvalue weighted by molar-refractivity contribution is 5.60. The maximum atomic E-state index is 5.18. The summed E-state index contributed by atoms with van der Waals surface area (Å²) in [7, 11) is 1.68. The minimum absolute atomic E-state index is 0.884. The second-order valence-corrected chi connectivity index (χ2v) is 4.68. The molecule has 0 aliphatic heterocycles. The molecule has 0 atom stereocenters. The Balaban J connectivity index is 2.16. The third-order valence-corrected chi connectivity index (χ3v) is 3.05. The molecule has 2 nitrogen and oxygen atoms in total. The summed E-state index contributed by atoms with van der Waals surface area (Å²) in [6.45, 7) is 2.19. The molecule has 0 saturated carbocycles. The topological polar surface area (TPSA) is 21.3 Å². The van der Waals surface area contributed by atoms with Crippen molar-refractivity contribution in [3.8, 4) is 5.75 Å². The van der Waals surface area contributed by atoms with E-state index in [-0.39, 0.29) is 0 Å². The van der Waals surface area contributed by atoms with Crippen LogP contribution >= 0.6 is 0 Å². The summed E-state index contributed by atoms with van der Waals surface area (Å²) in [5, 5.41) is 3.49. The Bertz CT molecular complexity index is 543. The summed E-state index contributed by atoms with van der Waals surface area (Å²) in [5.74, 6) is 0.884. The van der Waals surface area contributed by atoms with E-state index < -0.39 is 0 Å². The number of para-hydroxylation sites is 1. The van der Waals surface area contributed by atoms with Crippen LogP contribution in [0.2, 0.25) is 0 Å². The summed E-state index contributed by atoms with van der Waals surface area (Å²) in [6.07, 6.45) is 4.33. The molecule has 1 N–H and O–H groups in total. The summed E-state index contributed by atoms with van der Waals surface area (Å²) >= 11 is 0. The molecule has 104 valence electrons. The Labute approximate surface area is 121 Å². The first-order valence-electron chi connectivity index (χ1n) is 6.98. The molecule has 2 aromatic rings. The Morgan fingerprint density at radius 2 is 1.75 bits per heavy atom. The van der Waals surface area contributed by atoms with E-state index in [0.717, 1.165) is 24.3 Å². The second kappa shape index (κ2) is 7.39. The van der Waals surface area contributed by atoms with Gasteiger partial charge < -0.3 is 10.1 Å². The Kier molecular flexibility index (Phi) is 5.24. The molecule has 0 aromatic heterocycles. The highest BCUT2D eigenvalue weighted by Crippen LogP contribution is 2.18. The first-order chi connectivity index (χ1) is 9.81. The van der Waals surface area contributed by atoms with Gasteiger partial charge >= 0.3 is 0 Å². The molecule has 0 bridgehead atoms. The lowest BCUT2D eigenvalue weighted by Crippen LogP contribution is -1.99. The molecular weight excluding hydrogens is 246 g/mol.